The number of aromatic amines is 1. The Morgan fingerprint density at radius 1 is 1.03 bits per heavy atom. The number of piperazine rings is 1. The van der Waals surface area contributed by atoms with Crippen molar-refractivity contribution in [1.82, 2.24) is 20.1 Å². The van der Waals surface area contributed by atoms with Gasteiger partial charge in [0.15, 0.2) is 11.3 Å². The van der Waals surface area contributed by atoms with Gasteiger partial charge in [-0.3, -0.25) is 9.59 Å². The first-order chi connectivity index (χ1) is 17.4. The van der Waals surface area contributed by atoms with Crippen LogP contribution in [0.5, 0.6) is 5.75 Å². The van der Waals surface area contributed by atoms with E-state index in [1.54, 1.807) is 14.9 Å². The number of carbonyl (C=O) groups excluding carboxylic acids is 1. The Morgan fingerprint density at radius 3 is 2.35 bits per heavy atom. The molecule has 0 spiro atoms. The van der Waals surface area contributed by atoms with Gasteiger partial charge in [-0.15, -0.1) is 0 Å². The van der Waals surface area contributed by atoms with E-state index < -0.39 is 47.0 Å². The lowest BCUT2D eigenvalue weighted by atomic mass is 10.1. The van der Waals surface area contributed by atoms with E-state index in [9.17, 15) is 35.9 Å². The molecule has 2 aromatic heterocycles. The molecule has 9 nitrogen and oxygen atoms in total. The van der Waals surface area contributed by atoms with Crippen molar-refractivity contribution in [3.8, 4) is 5.75 Å². The molecule has 2 aromatic rings. The van der Waals surface area contributed by atoms with Crippen LogP contribution in [0.3, 0.4) is 0 Å². The lowest BCUT2D eigenvalue weighted by molar-refractivity contribution is -0.141. The van der Waals surface area contributed by atoms with E-state index >= 15 is 0 Å². The number of pyridine rings is 1. The molecule has 2 aliphatic rings. The van der Waals surface area contributed by atoms with Gasteiger partial charge in [-0.25, -0.2) is 10.1 Å². The molecule has 0 aromatic carbocycles. The minimum absolute atomic E-state index is 0.0788. The van der Waals surface area contributed by atoms with E-state index in [1.165, 1.54) is 6.07 Å². The Labute approximate surface area is 206 Å². The molecule has 2 atom stereocenters. The summed E-state index contributed by atoms with van der Waals surface area (Å²) in [6.07, 6.45) is -7.76. The highest BCUT2D eigenvalue weighted by atomic mass is 19.4. The highest BCUT2D eigenvalue weighted by molar-refractivity contribution is 5.77. The fourth-order valence-corrected chi connectivity index (χ4v) is 4.24. The Kier molecular flexibility index (Phi) is 7.62. The van der Waals surface area contributed by atoms with E-state index in [4.69, 9.17) is 9.47 Å². The molecule has 1 N–H and O–H groups in total. The van der Waals surface area contributed by atoms with Crippen LogP contribution in [-0.4, -0.2) is 71.0 Å². The minimum atomic E-state index is -4.91. The number of carbonyl (C=O) groups is 1. The topological polar surface area (TPSA) is 101 Å². The summed E-state index contributed by atoms with van der Waals surface area (Å²) in [4.78, 5) is 31.5. The van der Waals surface area contributed by atoms with E-state index in [-0.39, 0.29) is 18.9 Å². The highest BCUT2D eigenvalue weighted by Gasteiger charge is 2.39. The largest absolute Gasteiger partial charge is 0.488 e. The monoisotopic (exact) mass is 535 g/mol. The Hall–Kier alpha value is -3.36. The summed E-state index contributed by atoms with van der Waals surface area (Å²) in [7, 11) is 0. The van der Waals surface area contributed by atoms with Gasteiger partial charge in [0.05, 0.1) is 30.4 Å². The molecule has 2 unspecified atom stereocenters. The number of ether oxygens (including phenoxy) is 2. The maximum Gasteiger partial charge on any atom is 0.425 e. The third kappa shape index (κ3) is 6.50. The van der Waals surface area contributed by atoms with Gasteiger partial charge >= 0.3 is 12.4 Å². The van der Waals surface area contributed by atoms with Crippen LogP contribution in [0.15, 0.2) is 29.3 Å². The number of H-pyrrole nitrogens is 1. The van der Waals surface area contributed by atoms with Crippen molar-refractivity contribution in [3.05, 3.63) is 46.0 Å². The smallest absolute Gasteiger partial charge is 0.425 e. The van der Waals surface area contributed by atoms with Crippen LogP contribution in [0, 0.1) is 0 Å². The van der Waals surface area contributed by atoms with Crippen molar-refractivity contribution in [2.24, 2.45) is 0 Å². The molecule has 15 heteroatoms. The van der Waals surface area contributed by atoms with Crippen LogP contribution in [0.2, 0.25) is 0 Å². The average Bonchev–Trinajstić information content (AvgIpc) is 3.28. The van der Waals surface area contributed by atoms with Crippen LogP contribution < -0.4 is 15.2 Å². The standard InChI is InChI=1S/C22H23F6N5O4/c23-21(24,25)13-1-4-17(29-10-13)32-5-7-33(8-6-32)18(34)9-14-2-3-15(37-14)12-36-16-11-30-31-20(35)19(16)22(26,27)28/h1,4,10-11,14-15H,2-3,5-9,12H2,(H,31,35). The van der Waals surface area contributed by atoms with E-state index in [1.807, 2.05) is 0 Å². The SMILES string of the molecule is O=C(CC1CCC(COc2cn[nH]c(=O)c2C(F)(F)F)O1)N1CCN(c2ccc(C(F)(F)F)cn2)CC1. The van der Waals surface area contributed by atoms with Crippen LogP contribution in [0.4, 0.5) is 32.2 Å². The number of hydrogen-bond donors (Lipinski definition) is 1. The van der Waals surface area contributed by atoms with Crippen LogP contribution in [0.1, 0.15) is 30.4 Å². The quantitative estimate of drug-likeness (QED) is 0.568. The number of alkyl halides is 6. The summed E-state index contributed by atoms with van der Waals surface area (Å²) in [6, 6.07) is 2.27. The number of nitrogens with zero attached hydrogens (tertiary/aromatic N) is 4. The number of halogens is 6. The molecule has 2 saturated heterocycles. The zero-order valence-electron chi connectivity index (χ0n) is 19.3. The van der Waals surface area contributed by atoms with E-state index in [0.29, 0.717) is 44.8 Å². The zero-order chi connectivity index (χ0) is 26.8. The van der Waals surface area contributed by atoms with Gasteiger partial charge in [-0.1, -0.05) is 0 Å². The first-order valence-electron chi connectivity index (χ1n) is 11.4. The number of nitrogens with one attached hydrogen (secondary N) is 1. The number of rotatable bonds is 6. The number of anilines is 1. The second-order valence-corrected chi connectivity index (χ2v) is 8.68. The van der Waals surface area contributed by atoms with Crippen LogP contribution in [0.25, 0.3) is 0 Å². The second-order valence-electron chi connectivity index (χ2n) is 8.68. The molecule has 37 heavy (non-hydrogen) atoms. The van der Waals surface area contributed by atoms with Gasteiger partial charge in [0.2, 0.25) is 5.91 Å². The maximum atomic E-state index is 13.1. The van der Waals surface area contributed by atoms with Gasteiger partial charge < -0.3 is 19.3 Å². The van der Waals surface area contributed by atoms with Gasteiger partial charge in [-0.05, 0) is 25.0 Å². The molecule has 0 saturated carbocycles. The number of amides is 1. The summed E-state index contributed by atoms with van der Waals surface area (Å²) in [6.45, 7) is 1.28. The fourth-order valence-electron chi connectivity index (χ4n) is 4.24. The Balaban J connectivity index is 1.23. The molecule has 2 aliphatic heterocycles. The van der Waals surface area contributed by atoms with Crippen molar-refractivity contribution in [3.63, 3.8) is 0 Å². The van der Waals surface area contributed by atoms with E-state index in [2.05, 4.69) is 10.1 Å². The molecule has 0 bridgehead atoms. The molecule has 0 aliphatic carbocycles. The normalized spacial score (nSPS) is 20.8. The maximum absolute atomic E-state index is 13.1. The van der Waals surface area contributed by atoms with Gasteiger partial charge in [0, 0.05) is 32.4 Å². The molecule has 4 heterocycles. The third-order valence-electron chi connectivity index (χ3n) is 6.16. The lowest BCUT2D eigenvalue weighted by Crippen LogP contribution is -2.49. The van der Waals surface area contributed by atoms with Crippen molar-refractivity contribution in [2.45, 2.75) is 43.8 Å². The van der Waals surface area contributed by atoms with Gasteiger partial charge in [0.25, 0.3) is 5.56 Å². The molecular weight excluding hydrogens is 512 g/mol. The molecule has 1 amide bonds. The molecule has 2 fully saturated rings. The highest BCUT2D eigenvalue weighted by Crippen LogP contribution is 2.33. The second kappa shape index (κ2) is 10.6. The first kappa shape index (κ1) is 26.7. The summed E-state index contributed by atoms with van der Waals surface area (Å²) in [5.41, 5.74) is -3.71. The van der Waals surface area contributed by atoms with Crippen molar-refractivity contribution < 1.29 is 40.6 Å². The molecule has 4 rings (SSSR count). The minimum Gasteiger partial charge on any atom is -0.488 e. The summed E-state index contributed by atoms with van der Waals surface area (Å²) in [5.74, 6) is -0.462. The number of hydrogen-bond acceptors (Lipinski definition) is 7. The number of aromatic nitrogens is 3. The average molecular weight is 535 g/mol. The van der Waals surface area contributed by atoms with Crippen molar-refractivity contribution in [1.29, 1.82) is 0 Å². The van der Waals surface area contributed by atoms with E-state index in [0.717, 1.165) is 18.5 Å². The predicted octanol–water partition coefficient (Wildman–Crippen LogP) is 2.87. The lowest BCUT2D eigenvalue weighted by Gasteiger charge is -2.36. The molecular formula is C22H23F6N5O4. The summed E-state index contributed by atoms with van der Waals surface area (Å²) in [5, 5.41) is 5.07. The van der Waals surface area contributed by atoms with Gasteiger partial charge in [-0.2, -0.15) is 31.4 Å². The molecule has 0 radical (unpaired) electrons. The van der Waals surface area contributed by atoms with Crippen LogP contribution >= 0.6 is 0 Å². The van der Waals surface area contributed by atoms with Crippen molar-refractivity contribution >= 4 is 11.7 Å². The van der Waals surface area contributed by atoms with Crippen molar-refractivity contribution in [2.75, 3.05) is 37.7 Å². The third-order valence-corrected chi connectivity index (χ3v) is 6.16. The summed E-state index contributed by atoms with van der Waals surface area (Å²) >= 11 is 0. The first-order valence-corrected chi connectivity index (χ1v) is 11.4. The fraction of sp³-hybridized carbons (Fsp3) is 0.545. The zero-order valence-corrected chi connectivity index (χ0v) is 19.3. The van der Waals surface area contributed by atoms with Gasteiger partial charge in [0.1, 0.15) is 12.4 Å². The van der Waals surface area contributed by atoms with Crippen LogP contribution in [-0.2, 0) is 21.9 Å². The Bertz CT molecular complexity index is 1150. The Morgan fingerprint density at radius 2 is 1.73 bits per heavy atom. The molecule has 202 valence electrons. The predicted molar refractivity (Wildman–Crippen MR) is 116 cm³/mol. The summed E-state index contributed by atoms with van der Waals surface area (Å²) < 4.78 is 88.5.